The van der Waals surface area contributed by atoms with E-state index < -0.39 is 22.7 Å². The SMILES string of the molecule is C[C@H](C(=O)O)[C@H](Br)C(=O)O. The minimum atomic E-state index is -1.16. The fraction of sp³-hybridized carbons (Fsp3) is 0.600. The van der Waals surface area contributed by atoms with Crippen LogP contribution >= 0.6 is 15.9 Å². The molecule has 10 heavy (non-hydrogen) atoms. The van der Waals surface area contributed by atoms with Gasteiger partial charge in [-0.05, 0) is 0 Å². The summed E-state index contributed by atoms with van der Waals surface area (Å²) in [6.45, 7) is 1.33. The number of halogens is 1. The van der Waals surface area contributed by atoms with Gasteiger partial charge in [0.15, 0.2) is 0 Å². The third-order valence-electron chi connectivity index (χ3n) is 1.06. The molecular weight excluding hydrogens is 204 g/mol. The van der Waals surface area contributed by atoms with Gasteiger partial charge in [-0.15, -0.1) is 0 Å². The number of carboxylic acids is 2. The van der Waals surface area contributed by atoms with Gasteiger partial charge in [-0.3, -0.25) is 9.59 Å². The Labute approximate surface area is 66.0 Å². The summed E-state index contributed by atoms with van der Waals surface area (Å²) in [7, 11) is 0. The highest BCUT2D eigenvalue weighted by atomic mass is 79.9. The van der Waals surface area contributed by atoms with Crippen LogP contribution < -0.4 is 0 Å². The van der Waals surface area contributed by atoms with Crippen molar-refractivity contribution in [3.05, 3.63) is 0 Å². The molecule has 0 aliphatic heterocycles. The van der Waals surface area contributed by atoms with E-state index in [-0.39, 0.29) is 0 Å². The first-order chi connectivity index (χ1) is 4.46. The second-order valence-electron chi connectivity index (χ2n) is 1.87. The van der Waals surface area contributed by atoms with Gasteiger partial charge in [-0.1, -0.05) is 22.9 Å². The lowest BCUT2D eigenvalue weighted by Crippen LogP contribution is -2.27. The molecule has 0 spiro atoms. The van der Waals surface area contributed by atoms with E-state index in [0.717, 1.165) is 0 Å². The molecule has 0 amide bonds. The minimum Gasteiger partial charge on any atom is -0.481 e. The number of hydrogen-bond acceptors (Lipinski definition) is 2. The van der Waals surface area contributed by atoms with Crippen molar-refractivity contribution in [1.29, 1.82) is 0 Å². The van der Waals surface area contributed by atoms with Crippen molar-refractivity contribution in [2.24, 2.45) is 5.92 Å². The molecule has 0 unspecified atom stereocenters. The summed E-state index contributed by atoms with van der Waals surface area (Å²) in [6.07, 6.45) is 0. The summed E-state index contributed by atoms with van der Waals surface area (Å²) >= 11 is 2.73. The number of rotatable bonds is 3. The third-order valence-corrected chi connectivity index (χ3v) is 2.25. The molecule has 0 heterocycles. The highest BCUT2D eigenvalue weighted by Gasteiger charge is 2.26. The van der Waals surface area contributed by atoms with Crippen LogP contribution in [0.3, 0.4) is 0 Å². The van der Waals surface area contributed by atoms with Gasteiger partial charge in [-0.2, -0.15) is 0 Å². The van der Waals surface area contributed by atoms with Crippen LogP contribution in [-0.2, 0) is 9.59 Å². The predicted octanol–water partition coefficient (Wildman–Crippen LogP) is 0.555. The van der Waals surface area contributed by atoms with Crippen LogP contribution in [-0.4, -0.2) is 27.0 Å². The summed E-state index contributed by atoms with van der Waals surface area (Å²) in [4.78, 5) is 19.3. The van der Waals surface area contributed by atoms with E-state index in [2.05, 4.69) is 15.9 Å². The zero-order chi connectivity index (χ0) is 8.31. The first-order valence-electron chi connectivity index (χ1n) is 2.56. The highest BCUT2D eigenvalue weighted by molar-refractivity contribution is 9.10. The average Bonchev–Trinajstić information content (AvgIpc) is 1.84. The number of hydrogen-bond donors (Lipinski definition) is 2. The monoisotopic (exact) mass is 210 g/mol. The summed E-state index contributed by atoms with van der Waals surface area (Å²) in [5, 5.41) is 16.6. The largest absolute Gasteiger partial charge is 0.481 e. The molecule has 0 aromatic heterocycles. The molecular formula is C5H7BrO4. The molecule has 4 nitrogen and oxygen atoms in total. The van der Waals surface area contributed by atoms with E-state index in [4.69, 9.17) is 10.2 Å². The summed E-state index contributed by atoms with van der Waals surface area (Å²) in [5.41, 5.74) is 0. The van der Waals surface area contributed by atoms with Gasteiger partial charge in [0.25, 0.3) is 0 Å². The van der Waals surface area contributed by atoms with Crippen molar-refractivity contribution in [1.82, 2.24) is 0 Å². The molecule has 0 aliphatic rings. The highest BCUT2D eigenvalue weighted by Crippen LogP contribution is 2.12. The van der Waals surface area contributed by atoms with Gasteiger partial charge < -0.3 is 10.2 Å². The zero-order valence-corrected chi connectivity index (χ0v) is 6.83. The maximum Gasteiger partial charge on any atom is 0.318 e. The Balaban J connectivity index is 4.07. The molecule has 5 heteroatoms. The molecule has 2 N–H and O–H groups in total. The smallest absolute Gasteiger partial charge is 0.318 e. The van der Waals surface area contributed by atoms with Gasteiger partial charge in [0.2, 0.25) is 0 Å². The van der Waals surface area contributed by atoms with Gasteiger partial charge in [0.05, 0.1) is 5.92 Å². The van der Waals surface area contributed by atoms with Crippen LogP contribution in [0, 0.1) is 5.92 Å². The maximum absolute atomic E-state index is 10.2. The van der Waals surface area contributed by atoms with E-state index >= 15 is 0 Å². The van der Waals surface area contributed by atoms with E-state index in [1.54, 1.807) is 0 Å². The molecule has 0 aliphatic carbocycles. The third kappa shape index (κ3) is 2.34. The topological polar surface area (TPSA) is 74.6 Å². The van der Waals surface area contributed by atoms with E-state index in [1.807, 2.05) is 0 Å². The average molecular weight is 211 g/mol. The second-order valence-corrected chi connectivity index (χ2v) is 2.85. The fourth-order valence-electron chi connectivity index (χ4n) is 0.339. The van der Waals surface area contributed by atoms with Gasteiger partial charge in [-0.25, -0.2) is 0 Å². The minimum absolute atomic E-state index is 0.905. The Morgan fingerprint density at radius 2 is 1.70 bits per heavy atom. The zero-order valence-electron chi connectivity index (χ0n) is 5.24. The first kappa shape index (κ1) is 9.42. The number of carbonyl (C=O) groups is 2. The molecule has 0 saturated carbocycles. The molecule has 58 valence electrons. The Bertz CT molecular complexity index is 138. The Morgan fingerprint density at radius 1 is 1.30 bits per heavy atom. The van der Waals surface area contributed by atoms with Crippen LogP contribution in [0.15, 0.2) is 0 Å². The van der Waals surface area contributed by atoms with Crippen molar-refractivity contribution in [2.75, 3.05) is 0 Å². The van der Waals surface area contributed by atoms with Crippen LogP contribution in [0.5, 0.6) is 0 Å². The molecule has 0 rings (SSSR count). The van der Waals surface area contributed by atoms with E-state index in [1.165, 1.54) is 6.92 Å². The fourth-order valence-corrected chi connectivity index (χ4v) is 0.565. The van der Waals surface area contributed by atoms with Crippen molar-refractivity contribution in [3.8, 4) is 0 Å². The summed E-state index contributed by atoms with van der Waals surface area (Å²) in [6, 6.07) is 0. The Hall–Kier alpha value is -0.580. The standard InChI is InChI=1S/C5H7BrO4/c1-2(4(7)8)3(6)5(9)10/h2-3H,1H3,(H,7,8)(H,9,10)/t2-,3-/m0/s1. The maximum atomic E-state index is 10.2. The lowest BCUT2D eigenvalue weighted by atomic mass is 10.1. The summed E-state index contributed by atoms with van der Waals surface area (Å²) in [5.74, 6) is -3.18. The number of carboxylic acid groups (broad SMARTS) is 2. The van der Waals surface area contributed by atoms with Gasteiger partial charge >= 0.3 is 11.9 Å². The van der Waals surface area contributed by atoms with Gasteiger partial charge in [0, 0.05) is 0 Å². The first-order valence-corrected chi connectivity index (χ1v) is 3.48. The Morgan fingerprint density at radius 3 is 1.80 bits per heavy atom. The van der Waals surface area contributed by atoms with Gasteiger partial charge in [0.1, 0.15) is 4.83 Å². The second kappa shape index (κ2) is 3.55. The quantitative estimate of drug-likeness (QED) is 0.668. The molecule has 0 bridgehead atoms. The predicted molar refractivity (Wildman–Crippen MR) is 37.2 cm³/mol. The Kier molecular flexibility index (Phi) is 3.35. The normalized spacial score (nSPS) is 15.8. The van der Waals surface area contributed by atoms with Crippen molar-refractivity contribution < 1.29 is 19.8 Å². The molecule has 0 aromatic rings. The van der Waals surface area contributed by atoms with Crippen LogP contribution in [0.25, 0.3) is 0 Å². The van der Waals surface area contributed by atoms with Crippen LogP contribution in [0.1, 0.15) is 6.92 Å². The van der Waals surface area contributed by atoms with Crippen LogP contribution in [0.4, 0.5) is 0 Å². The van der Waals surface area contributed by atoms with Crippen LogP contribution in [0.2, 0.25) is 0 Å². The number of alkyl halides is 1. The lowest BCUT2D eigenvalue weighted by Gasteiger charge is -2.07. The number of aliphatic carboxylic acids is 2. The van der Waals surface area contributed by atoms with Crippen molar-refractivity contribution in [3.63, 3.8) is 0 Å². The molecule has 0 saturated heterocycles. The molecule has 2 atom stereocenters. The van der Waals surface area contributed by atoms with E-state index in [9.17, 15) is 9.59 Å². The van der Waals surface area contributed by atoms with E-state index in [0.29, 0.717) is 0 Å². The molecule has 0 radical (unpaired) electrons. The van der Waals surface area contributed by atoms with Crippen molar-refractivity contribution >= 4 is 27.9 Å². The molecule has 0 aromatic carbocycles. The van der Waals surface area contributed by atoms with Crippen molar-refractivity contribution in [2.45, 2.75) is 11.8 Å². The lowest BCUT2D eigenvalue weighted by molar-refractivity contribution is -0.146. The molecule has 0 fully saturated rings. The summed E-state index contributed by atoms with van der Waals surface area (Å²) < 4.78 is 0.